The molecule has 0 saturated carbocycles. The minimum Gasteiger partial charge on any atom is -0.321 e. The average Bonchev–Trinajstić information content (AvgIpc) is 2.46. The van der Waals surface area contributed by atoms with Crippen LogP contribution in [0.4, 0.5) is 13.2 Å². The van der Waals surface area contributed by atoms with Gasteiger partial charge in [0.05, 0.1) is 5.56 Å². The summed E-state index contributed by atoms with van der Waals surface area (Å²) in [5.41, 5.74) is -0.278. The fourth-order valence-electron chi connectivity index (χ4n) is 1.11. The molecule has 2 aromatic rings. The van der Waals surface area contributed by atoms with Crippen LogP contribution in [-0.4, -0.2) is 15.1 Å². The lowest BCUT2D eigenvalue weighted by Gasteiger charge is -2.05. The maximum absolute atomic E-state index is 12.3. The first-order valence-corrected chi connectivity index (χ1v) is 3.66. The summed E-state index contributed by atoms with van der Waals surface area (Å²) in [7, 11) is 0. The van der Waals surface area contributed by atoms with Gasteiger partial charge in [0.1, 0.15) is 11.0 Å². The van der Waals surface area contributed by atoms with Crippen molar-refractivity contribution in [3.8, 4) is 0 Å². The highest BCUT2D eigenvalue weighted by Crippen LogP contribution is 2.30. The molecule has 74 valence electrons. The molecule has 0 amide bonds. The van der Waals surface area contributed by atoms with Crippen LogP contribution >= 0.6 is 0 Å². The Labute approximate surface area is 76.1 Å². The highest BCUT2D eigenvalue weighted by molar-refractivity contribution is 5.75. The van der Waals surface area contributed by atoms with Gasteiger partial charge in [-0.25, -0.2) is 0 Å². The number of hydrogen-bond acceptors (Lipinski definition) is 3. The van der Waals surface area contributed by atoms with Crippen molar-refractivity contribution < 1.29 is 13.2 Å². The fraction of sp³-hybridized carbons (Fsp3) is 0.143. The monoisotopic (exact) mass is 202 g/mol. The molecule has 1 heterocycles. The zero-order valence-corrected chi connectivity index (χ0v) is 6.78. The average molecular weight is 202 g/mol. The van der Waals surface area contributed by atoms with Gasteiger partial charge >= 0.3 is 6.18 Å². The second-order valence-corrected chi connectivity index (χ2v) is 2.74. The summed E-state index contributed by atoms with van der Waals surface area (Å²) in [6.45, 7) is 0. The van der Waals surface area contributed by atoms with E-state index in [4.69, 9.17) is 5.84 Å². The largest absolute Gasteiger partial charge is 0.416 e. The number of nitrogens with zero attached hydrogens (tertiary/aromatic N) is 3. The number of nitrogen functional groups attached to an aromatic ring is 1. The molecule has 0 aliphatic heterocycles. The minimum atomic E-state index is -4.38. The molecule has 7 heteroatoms. The van der Waals surface area contributed by atoms with Gasteiger partial charge in [0.15, 0.2) is 0 Å². The van der Waals surface area contributed by atoms with Crippen molar-refractivity contribution in [3.63, 3.8) is 0 Å². The number of alkyl halides is 3. The van der Waals surface area contributed by atoms with Crippen LogP contribution in [-0.2, 0) is 6.18 Å². The number of hydrogen-bond donors (Lipinski definition) is 1. The van der Waals surface area contributed by atoms with E-state index < -0.39 is 11.7 Å². The Morgan fingerprint density at radius 2 is 2.00 bits per heavy atom. The number of aromatic nitrogens is 3. The van der Waals surface area contributed by atoms with Crippen molar-refractivity contribution in [3.05, 3.63) is 23.8 Å². The number of nitrogens with two attached hydrogens (primary N) is 1. The molecular weight excluding hydrogens is 197 g/mol. The summed E-state index contributed by atoms with van der Waals surface area (Å²) < 4.78 is 36.8. The smallest absolute Gasteiger partial charge is 0.321 e. The molecule has 2 N–H and O–H groups in total. The molecule has 2 rings (SSSR count). The van der Waals surface area contributed by atoms with Crippen molar-refractivity contribution in [2.45, 2.75) is 6.18 Å². The first kappa shape index (κ1) is 8.79. The van der Waals surface area contributed by atoms with E-state index in [0.717, 1.165) is 16.9 Å². The van der Waals surface area contributed by atoms with E-state index >= 15 is 0 Å². The molecule has 0 spiro atoms. The van der Waals surface area contributed by atoms with Gasteiger partial charge in [-0.05, 0) is 23.4 Å². The van der Waals surface area contributed by atoms with Gasteiger partial charge in [0, 0.05) is 0 Å². The standard InChI is InChI=1S/C7H5F3N4/c8-7(9,10)4-1-2-5-6(3-4)14(11)13-12-5/h1-3H,11H2. The zero-order chi connectivity index (χ0) is 10.3. The normalized spacial score (nSPS) is 12.2. The maximum Gasteiger partial charge on any atom is 0.416 e. The molecule has 0 bridgehead atoms. The molecular formula is C7H5F3N4. The maximum atomic E-state index is 12.3. The van der Waals surface area contributed by atoms with E-state index in [2.05, 4.69) is 10.3 Å². The summed E-state index contributed by atoms with van der Waals surface area (Å²) in [6.07, 6.45) is -4.38. The van der Waals surface area contributed by atoms with Gasteiger partial charge in [-0.1, -0.05) is 0 Å². The molecule has 0 saturated heterocycles. The highest BCUT2D eigenvalue weighted by atomic mass is 19.4. The van der Waals surface area contributed by atoms with E-state index in [1.54, 1.807) is 0 Å². The Morgan fingerprint density at radius 3 is 2.64 bits per heavy atom. The summed E-state index contributed by atoms with van der Waals surface area (Å²) in [5.74, 6) is 5.26. The molecule has 0 radical (unpaired) electrons. The summed E-state index contributed by atoms with van der Waals surface area (Å²) in [4.78, 5) is 0.810. The quantitative estimate of drug-likeness (QED) is 0.652. The number of fused-ring (bicyclic) bond motifs is 1. The van der Waals surface area contributed by atoms with E-state index in [-0.39, 0.29) is 5.52 Å². The van der Waals surface area contributed by atoms with Crippen LogP contribution in [0.3, 0.4) is 0 Å². The third-order valence-electron chi connectivity index (χ3n) is 1.80. The van der Waals surface area contributed by atoms with Crippen LogP contribution in [0.1, 0.15) is 5.56 Å². The van der Waals surface area contributed by atoms with Crippen molar-refractivity contribution in [1.82, 2.24) is 15.1 Å². The Kier molecular flexibility index (Phi) is 1.63. The minimum absolute atomic E-state index is 0.153. The van der Waals surface area contributed by atoms with E-state index in [1.165, 1.54) is 6.07 Å². The molecule has 1 aromatic heterocycles. The first-order valence-electron chi connectivity index (χ1n) is 3.66. The predicted octanol–water partition coefficient (Wildman–Crippen LogP) is 1.16. The molecule has 0 aliphatic rings. The summed E-state index contributed by atoms with van der Waals surface area (Å²) in [6, 6.07) is 3.08. The van der Waals surface area contributed by atoms with E-state index in [0.29, 0.717) is 5.52 Å². The van der Waals surface area contributed by atoms with Gasteiger partial charge in [0.2, 0.25) is 0 Å². The molecule has 4 nitrogen and oxygen atoms in total. The van der Waals surface area contributed by atoms with Crippen LogP contribution in [0, 0.1) is 0 Å². The molecule has 0 fully saturated rings. The van der Waals surface area contributed by atoms with Crippen molar-refractivity contribution >= 4 is 11.0 Å². The van der Waals surface area contributed by atoms with E-state index in [1.807, 2.05) is 0 Å². The third-order valence-corrected chi connectivity index (χ3v) is 1.80. The van der Waals surface area contributed by atoms with Crippen molar-refractivity contribution in [1.29, 1.82) is 0 Å². The first-order chi connectivity index (χ1) is 6.48. The second kappa shape index (κ2) is 2.60. The Morgan fingerprint density at radius 1 is 1.29 bits per heavy atom. The number of benzene rings is 1. The SMILES string of the molecule is Nn1nnc2ccc(C(F)(F)F)cc21. The molecule has 14 heavy (non-hydrogen) atoms. The highest BCUT2D eigenvalue weighted by Gasteiger charge is 2.30. The Bertz CT molecular complexity index is 473. The molecule has 0 aliphatic carbocycles. The third kappa shape index (κ3) is 1.26. The van der Waals surface area contributed by atoms with Crippen molar-refractivity contribution in [2.24, 2.45) is 0 Å². The topological polar surface area (TPSA) is 56.7 Å². The molecule has 0 unspecified atom stereocenters. The van der Waals surface area contributed by atoms with Crippen LogP contribution in [0.25, 0.3) is 11.0 Å². The van der Waals surface area contributed by atoms with Gasteiger partial charge in [0.25, 0.3) is 0 Å². The summed E-state index contributed by atoms with van der Waals surface area (Å²) in [5, 5.41) is 6.96. The van der Waals surface area contributed by atoms with Gasteiger partial charge in [-0.2, -0.15) is 18.0 Å². The second-order valence-electron chi connectivity index (χ2n) is 2.74. The number of halogens is 3. The zero-order valence-electron chi connectivity index (χ0n) is 6.78. The Hall–Kier alpha value is -1.79. The number of rotatable bonds is 0. The lowest BCUT2D eigenvalue weighted by atomic mass is 10.2. The Balaban J connectivity index is 2.66. The summed E-state index contributed by atoms with van der Waals surface area (Å²) >= 11 is 0. The van der Waals surface area contributed by atoms with Crippen LogP contribution in [0.15, 0.2) is 18.2 Å². The van der Waals surface area contributed by atoms with Gasteiger partial charge in [-0.3, -0.25) is 0 Å². The van der Waals surface area contributed by atoms with E-state index in [9.17, 15) is 13.2 Å². The van der Waals surface area contributed by atoms with Crippen LogP contribution in [0.2, 0.25) is 0 Å². The molecule has 1 aromatic carbocycles. The molecule has 0 atom stereocenters. The van der Waals surface area contributed by atoms with Gasteiger partial charge in [-0.15, -0.1) is 5.10 Å². The fourth-order valence-corrected chi connectivity index (χ4v) is 1.11. The van der Waals surface area contributed by atoms with Crippen LogP contribution < -0.4 is 5.84 Å². The predicted molar refractivity (Wildman–Crippen MR) is 42.7 cm³/mol. The van der Waals surface area contributed by atoms with Gasteiger partial charge < -0.3 is 5.84 Å². The lowest BCUT2D eigenvalue weighted by molar-refractivity contribution is -0.137. The van der Waals surface area contributed by atoms with Crippen LogP contribution in [0.5, 0.6) is 0 Å². The lowest BCUT2D eigenvalue weighted by Crippen LogP contribution is -2.10. The van der Waals surface area contributed by atoms with Crippen molar-refractivity contribution in [2.75, 3.05) is 5.84 Å².